The number of benzene rings is 2. The van der Waals surface area contributed by atoms with Gasteiger partial charge in [-0.15, -0.1) is 0 Å². The second kappa shape index (κ2) is 8.11. The largest absolute Gasteiger partial charge is 0.444 e. The van der Waals surface area contributed by atoms with Gasteiger partial charge in [0, 0.05) is 23.4 Å². The number of rotatable bonds is 5. The molecule has 3 aromatic rings. The highest BCUT2D eigenvalue weighted by molar-refractivity contribution is 5.89. The summed E-state index contributed by atoms with van der Waals surface area (Å²) in [6.07, 6.45) is 3.75. The number of aromatic nitrogens is 2. The van der Waals surface area contributed by atoms with E-state index in [4.69, 9.17) is 10.00 Å². The van der Waals surface area contributed by atoms with Crippen LogP contribution in [0.5, 0.6) is 0 Å². The molecule has 1 heterocycles. The Morgan fingerprint density at radius 2 is 1.93 bits per heavy atom. The molecule has 134 valence electrons. The summed E-state index contributed by atoms with van der Waals surface area (Å²) in [5, 5.41) is 13.3. The lowest BCUT2D eigenvalue weighted by Crippen LogP contribution is -2.10. The van der Waals surface area contributed by atoms with Crippen molar-refractivity contribution in [3.05, 3.63) is 78.3 Å². The van der Waals surface area contributed by atoms with Gasteiger partial charge in [0.1, 0.15) is 11.9 Å². The number of nitrogens with zero attached hydrogens (tertiary/aromatic N) is 3. The summed E-state index contributed by atoms with van der Waals surface area (Å²) in [6, 6.07) is 17.3. The maximum absolute atomic E-state index is 13.3. The monoisotopic (exact) mass is 361 g/mol. The molecule has 0 fully saturated rings. The van der Waals surface area contributed by atoms with E-state index in [2.05, 4.69) is 5.10 Å². The minimum atomic E-state index is -0.828. The van der Waals surface area contributed by atoms with E-state index in [-0.39, 0.29) is 5.82 Å². The summed E-state index contributed by atoms with van der Waals surface area (Å²) < 4.78 is 19.8. The molecule has 3 rings (SSSR count). The summed E-state index contributed by atoms with van der Waals surface area (Å²) in [6.45, 7) is 1.49. The summed E-state index contributed by atoms with van der Waals surface area (Å²) in [4.78, 5) is 11.8. The fourth-order valence-electron chi connectivity index (χ4n) is 2.45. The van der Waals surface area contributed by atoms with Crippen LogP contribution < -0.4 is 0 Å². The molecule has 0 bridgehead atoms. The second-order valence-electron chi connectivity index (χ2n) is 5.76. The molecule has 0 unspecified atom stereocenters. The Kier molecular flexibility index (Phi) is 5.43. The van der Waals surface area contributed by atoms with Crippen molar-refractivity contribution in [3.63, 3.8) is 0 Å². The van der Waals surface area contributed by atoms with Crippen LogP contribution in [0.2, 0.25) is 0 Å². The Bertz CT molecular complexity index is 1000. The van der Waals surface area contributed by atoms with Crippen molar-refractivity contribution in [1.82, 2.24) is 9.78 Å². The van der Waals surface area contributed by atoms with Gasteiger partial charge in [0.2, 0.25) is 0 Å². The maximum Gasteiger partial charge on any atom is 0.332 e. The number of hydrogen-bond donors (Lipinski definition) is 0. The molecule has 0 aliphatic heterocycles. The molecule has 1 atom stereocenters. The highest BCUT2D eigenvalue weighted by Crippen LogP contribution is 2.25. The Hall–Kier alpha value is -3.72. The van der Waals surface area contributed by atoms with Gasteiger partial charge in [0.25, 0.3) is 0 Å². The van der Waals surface area contributed by atoms with E-state index in [1.807, 2.05) is 36.4 Å². The van der Waals surface area contributed by atoms with Crippen molar-refractivity contribution in [1.29, 1.82) is 5.26 Å². The topological polar surface area (TPSA) is 67.9 Å². The first-order chi connectivity index (χ1) is 13.1. The van der Waals surface area contributed by atoms with Crippen LogP contribution >= 0.6 is 0 Å². The van der Waals surface area contributed by atoms with Crippen LogP contribution in [-0.2, 0) is 9.53 Å². The average Bonchev–Trinajstić information content (AvgIpc) is 3.12. The molecular formula is C21H16FN3O2. The van der Waals surface area contributed by atoms with E-state index in [0.717, 1.165) is 5.69 Å². The van der Waals surface area contributed by atoms with Gasteiger partial charge in [0.15, 0.2) is 6.10 Å². The van der Waals surface area contributed by atoms with E-state index < -0.39 is 12.1 Å². The van der Waals surface area contributed by atoms with Crippen LogP contribution in [-0.4, -0.2) is 21.9 Å². The van der Waals surface area contributed by atoms with E-state index in [9.17, 15) is 9.18 Å². The average molecular weight is 361 g/mol. The van der Waals surface area contributed by atoms with Crippen LogP contribution in [0.15, 0.2) is 66.9 Å². The highest BCUT2D eigenvalue weighted by Gasteiger charge is 2.12. The molecule has 0 amide bonds. The van der Waals surface area contributed by atoms with Crippen molar-refractivity contribution >= 4 is 12.0 Å². The fraction of sp³-hybridized carbons (Fsp3) is 0.0952. The predicted octanol–water partition coefficient (Wildman–Crippen LogP) is 4.15. The van der Waals surface area contributed by atoms with Crippen LogP contribution in [0, 0.1) is 17.1 Å². The van der Waals surface area contributed by atoms with E-state index in [1.54, 1.807) is 29.1 Å². The quantitative estimate of drug-likeness (QED) is 0.506. The minimum absolute atomic E-state index is 0.340. The number of carbonyl (C=O) groups excluding carboxylic acids is 1. The lowest BCUT2D eigenvalue weighted by atomic mass is 10.1. The fourth-order valence-corrected chi connectivity index (χ4v) is 2.45. The number of halogens is 1. The molecule has 0 radical (unpaired) electrons. The van der Waals surface area contributed by atoms with Crippen LogP contribution in [0.25, 0.3) is 23.0 Å². The molecule has 0 saturated carbocycles. The SMILES string of the molecule is C[C@H](C#N)OC(=O)/C=C/c1cn(-c2ccccc2)nc1-c1ccc(F)cc1. The molecular weight excluding hydrogens is 345 g/mol. The zero-order valence-electron chi connectivity index (χ0n) is 14.5. The van der Waals surface area contributed by atoms with Crippen molar-refractivity contribution in [2.45, 2.75) is 13.0 Å². The van der Waals surface area contributed by atoms with Gasteiger partial charge in [-0.2, -0.15) is 10.4 Å². The summed E-state index contributed by atoms with van der Waals surface area (Å²) >= 11 is 0. The van der Waals surface area contributed by atoms with E-state index in [1.165, 1.54) is 25.1 Å². The lowest BCUT2D eigenvalue weighted by molar-refractivity contribution is -0.139. The number of nitriles is 1. The van der Waals surface area contributed by atoms with Gasteiger partial charge < -0.3 is 4.74 Å². The molecule has 0 N–H and O–H groups in total. The van der Waals surface area contributed by atoms with E-state index >= 15 is 0 Å². The first-order valence-corrected chi connectivity index (χ1v) is 8.26. The Labute approximate surface area is 155 Å². The summed E-state index contributed by atoms with van der Waals surface area (Å²) in [5.41, 5.74) is 2.81. The van der Waals surface area contributed by atoms with Crippen LogP contribution in [0.3, 0.4) is 0 Å². The standard InChI is InChI=1S/C21H16FN3O2/c1-15(13-23)27-20(26)12-9-17-14-25(19-5-3-2-4-6-19)24-21(17)16-7-10-18(22)11-8-16/h2-12,14-15H,1H3/b12-9+/t15-/m1/s1. The zero-order chi connectivity index (χ0) is 19.2. The molecule has 0 saturated heterocycles. The van der Waals surface area contributed by atoms with E-state index in [0.29, 0.717) is 16.8 Å². The number of esters is 1. The third-order valence-corrected chi connectivity index (χ3v) is 3.75. The predicted molar refractivity (Wildman–Crippen MR) is 99.2 cm³/mol. The molecule has 0 aliphatic rings. The first kappa shape index (κ1) is 18.1. The summed E-state index contributed by atoms with van der Waals surface area (Å²) in [5.74, 6) is -0.964. The number of carbonyl (C=O) groups is 1. The molecule has 2 aromatic carbocycles. The van der Waals surface area contributed by atoms with Crippen molar-refractivity contribution in [2.24, 2.45) is 0 Å². The van der Waals surface area contributed by atoms with Gasteiger partial charge in [-0.05, 0) is 49.4 Å². The third-order valence-electron chi connectivity index (χ3n) is 3.75. The van der Waals surface area contributed by atoms with Gasteiger partial charge in [-0.25, -0.2) is 13.9 Å². The minimum Gasteiger partial charge on any atom is -0.444 e. The lowest BCUT2D eigenvalue weighted by Gasteiger charge is -2.02. The Morgan fingerprint density at radius 1 is 1.22 bits per heavy atom. The molecule has 6 heteroatoms. The smallest absolute Gasteiger partial charge is 0.332 e. The normalized spacial score (nSPS) is 11.9. The third kappa shape index (κ3) is 4.47. The van der Waals surface area contributed by atoms with Gasteiger partial charge in [-0.1, -0.05) is 18.2 Å². The van der Waals surface area contributed by atoms with Gasteiger partial charge >= 0.3 is 5.97 Å². The molecule has 1 aromatic heterocycles. The molecule has 5 nitrogen and oxygen atoms in total. The Balaban J connectivity index is 1.98. The summed E-state index contributed by atoms with van der Waals surface area (Å²) in [7, 11) is 0. The van der Waals surface area contributed by atoms with Gasteiger partial charge in [0.05, 0.1) is 11.4 Å². The van der Waals surface area contributed by atoms with Crippen molar-refractivity contribution in [3.8, 4) is 23.0 Å². The van der Waals surface area contributed by atoms with Crippen molar-refractivity contribution in [2.75, 3.05) is 0 Å². The number of ether oxygens (including phenoxy) is 1. The first-order valence-electron chi connectivity index (χ1n) is 8.26. The van der Waals surface area contributed by atoms with Crippen LogP contribution in [0.4, 0.5) is 4.39 Å². The molecule has 0 aliphatic carbocycles. The highest BCUT2D eigenvalue weighted by atomic mass is 19.1. The second-order valence-corrected chi connectivity index (χ2v) is 5.76. The molecule has 0 spiro atoms. The number of hydrogen-bond acceptors (Lipinski definition) is 4. The Morgan fingerprint density at radius 3 is 2.59 bits per heavy atom. The van der Waals surface area contributed by atoms with Crippen LogP contribution in [0.1, 0.15) is 12.5 Å². The maximum atomic E-state index is 13.3. The number of para-hydroxylation sites is 1. The molecule has 27 heavy (non-hydrogen) atoms. The van der Waals surface area contributed by atoms with Crippen molar-refractivity contribution < 1.29 is 13.9 Å². The zero-order valence-corrected chi connectivity index (χ0v) is 14.5. The van der Waals surface area contributed by atoms with Gasteiger partial charge in [-0.3, -0.25) is 0 Å².